The van der Waals surface area contributed by atoms with Crippen LogP contribution in [0.25, 0.3) is 0 Å². The standard InChI is InChI=1S/C13H25NO2/c1-10(13(15)16)6-4-7-11(2)14-9-5-8-12(14)3/h10-12H,4-9H2,1-3H3,(H,15,16). The molecule has 0 amide bonds. The van der Waals surface area contributed by atoms with Crippen molar-refractivity contribution < 1.29 is 9.90 Å². The molecule has 0 bridgehead atoms. The van der Waals surface area contributed by atoms with Gasteiger partial charge in [0.2, 0.25) is 0 Å². The van der Waals surface area contributed by atoms with Crippen LogP contribution in [0.15, 0.2) is 0 Å². The van der Waals surface area contributed by atoms with Crippen LogP contribution in [0.4, 0.5) is 0 Å². The zero-order valence-electron chi connectivity index (χ0n) is 10.8. The number of likely N-dealkylation sites (tertiary alicyclic amines) is 1. The number of carbonyl (C=O) groups is 1. The lowest BCUT2D eigenvalue weighted by molar-refractivity contribution is -0.141. The van der Waals surface area contributed by atoms with Gasteiger partial charge >= 0.3 is 5.97 Å². The van der Waals surface area contributed by atoms with Gasteiger partial charge in [0, 0.05) is 12.1 Å². The zero-order chi connectivity index (χ0) is 12.1. The second-order valence-electron chi connectivity index (χ2n) is 5.25. The maximum atomic E-state index is 10.7. The highest BCUT2D eigenvalue weighted by Gasteiger charge is 2.24. The normalized spacial score (nSPS) is 25.6. The second-order valence-corrected chi connectivity index (χ2v) is 5.25. The fraction of sp³-hybridized carbons (Fsp3) is 0.923. The predicted octanol–water partition coefficient (Wildman–Crippen LogP) is 2.75. The Balaban J connectivity index is 2.19. The first kappa shape index (κ1) is 13.5. The summed E-state index contributed by atoms with van der Waals surface area (Å²) in [5, 5.41) is 8.79. The summed E-state index contributed by atoms with van der Waals surface area (Å²) in [6.45, 7) is 7.58. The third-order valence-electron chi connectivity index (χ3n) is 3.85. The molecule has 1 heterocycles. The van der Waals surface area contributed by atoms with Crippen LogP contribution in [-0.2, 0) is 4.79 Å². The summed E-state index contributed by atoms with van der Waals surface area (Å²) in [6, 6.07) is 1.32. The number of aliphatic carboxylic acids is 1. The van der Waals surface area contributed by atoms with E-state index in [1.807, 2.05) is 0 Å². The average molecular weight is 227 g/mol. The van der Waals surface area contributed by atoms with Crippen molar-refractivity contribution in [2.75, 3.05) is 6.54 Å². The highest BCUT2D eigenvalue weighted by atomic mass is 16.4. The molecule has 94 valence electrons. The molecule has 0 aromatic carbocycles. The van der Waals surface area contributed by atoms with Crippen LogP contribution in [0.2, 0.25) is 0 Å². The largest absolute Gasteiger partial charge is 0.481 e. The third-order valence-corrected chi connectivity index (χ3v) is 3.85. The highest BCUT2D eigenvalue weighted by Crippen LogP contribution is 2.22. The Hall–Kier alpha value is -0.570. The lowest BCUT2D eigenvalue weighted by atomic mass is 10.0. The number of rotatable bonds is 6. The summed E-state index contributed by atoms with van der Waals surface area (Å²) in [4.78, 5) is 13.2. The molecule has 1 fully saturated rings. The first-order valence-corrected chi connectivity index (χ1v) is 6.51. The van der Waals surface area contributed by atoms with Crippen LogP contribution in [0.1, 0.15) is 52.9 Å². The van der Waals surface area contributed by atoms with Gasteiger partial charge in [0.15, 0.2) is 0 Å². The van der Waals surface area contributed by atoms with Crippen molar-refractivity contribution in [3.8, 4) is 0 Å². The summed E-state index contributed by atoms with van der Waals surface area (Å²) in [7, 11) is 0. The maximum absolute atomic E-state index is 10.7. The smallest absolute Gasteiger partial charge is 0.306 e. The molecule has 1 aliphatic heterocycles. The number of hydrogen-bond donors (Lipinski definition) is 1. The molecular formula is C13H25NO2. The Morgan fingerprint density at radius 2 is 2.12 bits per heavy atom. The molecule has 3 unspecified atom stereocenters. The number of nitrogens with zero attached hydrogens (tertiary/aromatic N) is 1. The first-order valence-electron chi connectivity index (χ1n) is 6.51. The average Bonchev–Trinajstić information content (AvgIpc) is 2.64. The minimum atomic E-state index is -0.665. The van der Waals surface area contributed by atoms with Gasteiger partial charge in [-0.15, -0.1) is 0 Å². The van der Waals surface area contributed by atoms with Crippen molar-refractivity contribution in [2.45, 2.75) is 65.0 Å². The quantitative estimate of drug-likeness (QED) is 0.758. The fourth-order valence-electron chi connectivity index (χ4n) is 2.62. The van der Waals surface area contributed by atoms with Gasteiger partial charge in [0.05, 0.1) is 5.92 Å². The Kier molecular flexibility index (Phi) is 5.26. The maximum Gasteiger partial charge on any atom is 0.306 e. The molecule has 0 radical (unpaired) electrons. The fourth-order valence-corrected chi connectivity index (χ4v) is 2.62. The molecule has 3 atom stereocenters. The van der Waals surface area contributed by atoms with Crippen LogP contribution in [0.5, 0.6) is 0 Å². The van der Waals surface area contributed by atoms with E-state index in [0.29, 0.717) is 12.1 Å². The van der Waals surface area contributed by atoms with Crippen LogP contribution in [0.3, 0.4) is 0 Å². The van der Waals surface area contributed by atoms with Crippen LogP contribution in [0, 0.1) is 5.92 Å². The Bertz CT molecular complexity index is 230. The Labute approximate surface area is 98.8 Å². The van der Waals surface area contributed by atoms with Crippen molar-refractivity contribution >= 4 is 5.97 Å². The van der Waals surface area contributed by atoms with Gasteiger partial charge in [-0.05, 0) is 46.1 Å². The van der Waals surface area contributed by atoms with Crippen LogP contribution >= 0.6 is 0 Å². The SMILES string of the molecule is CC(CCCC(C)N1CCCC1C)C(=O)O. The summed E-state index contributed by atoms with van der Waals surface area (Å²) < 4.78 is 0. The van der Waals surface area contributed by atoms with E-state index >= 15 is 0 Å². The lowest BCUT2D eigenvalue weighted by Gasteiger charge is -2.28. The molecule has 1 rings (SSSR count). The van der Waals surface area contributed by atoms with Gasteiger partial charge in [-0.2, -0.15) is 0 Å². The van der Waals surface area contributed by atoms with E-state index in [-0.39, 0.29) is 5.92 Å². The van der Waals surface area contributed by atoms with E-state index in [1.165, 1.54) is 19.4 Å². The Morgan fingerprint density at radius 1 is 1.44 bits per heavy atom. The van der Waals surface area contributed by atoms with Crippen molar-refractivity contribution in [3.63, 3.8) is 0 Å². The topological polar surface area (TPSA) is 40.5 Å². The first-order chi connectivity index (χ1) is 7.52. The molecule has 16 heavy (non-hydrogen) atoms. The highest BCUT2D eigenvalue weighted by molar-refractivity contribution is 5.69. The minimum Gasteiger partial charge on any atom is -0.481 e. The molecule has 0 saturated carbocycles. The monoisotopic (exact) mass is 227 g/mol. The molecule has 1 saturated heterocycles. The molecule has 3 heteroatoms. The number of carboxylic acid groups (broad SMARTS) is 1. The molecule has 3 nitrogen and oxygen atoms in total. The van der Waals surface area contributed by atoms with Crippen molar-refractivity contribution in [2.24, 2.45) is 5.92 Å². The number of carboxylic acids is 1. The molecule has 0 aromatic heterocycles. The molecular weight excluding hydrogens is 202 g/mol. The third kappa shape index (κ3) is 3.78. The second kappa shape index (κ2) is 6.24. The van der Waals surface area contributed by atoms with Gasteiger partial charge in [-0.25, -0.2) is 0 Å². The van der Waals surface area contributed by atoms with E-state index in [2.05, 4.69) is 18.7 Å². The van der Waals surface area contributed by atoms with Gasteiger partial charge in [-0.3, -0.25) is 9.69 Å². The van der Waals surface area contributed by atoms with Crippen molar-refractivity contribution in [1.82, 2.24) is 4.90 Å². The summed E-state index contributed by atoms with van der Waals surface area (Å²) in [6.07, 6.45) is 5.59. The van der Waals surface area contributed by atoms with E-state index < -0.39 is 5.97 Å². The van der Waals surface area contributed by atoms with E-state index in [1.54, 1.807) is 6.92 Å². The van der Waals surface area contributed by atoms with Gasteiger partial charge < -0.3 is 5.11 Å². The van der Waals surface area contributed by atoms with E-state index in [0.717, 1.165) is 19.3 Å². The van der Waals surface area contributed by atoms with E-state index in [9.17, 15) is 4.79 Å². The molecule has 0 spiro atoms. The molecule has 0 aromatic rings. The number of hydrogen-bond acceptors (Lipinski definition) is 2. The Morgan fingerprint density at radius 3 is 2.62 bits per heavy atom. The van der Waals surface area contributed by atoms with Crippen LogP contribution < -0.4 is 0 Å². The van der Waals surface area contributed by atoms with Crippen molar-refractivity contribution in [3.05, 3.63) is 0 Å². The van der Waals surface area contributed by atoms with Gasteiger partial charge in [0.1, 0.15) is 0 Å². The van der Waals surface area contributed by atoms with Crippen molar-refractivity contribution in [1.29, 1.82) is 0 Å². The molecule has 1 aliphatic rings. The summed E-state index contributed by atoms with van der Waals surface area (Å²) in [5.74, 6) is -0.856. The molecule has 0 aliphatic carbocycles. The minimum absolute atomic E-state index is 0.191. The van der Waals surface area contributed by atoms with Crippen LogP contribution in [-0.4, -0.2) is 34.6 Å². The zero-order valence-corrected chi connectivity index (χ0v) is 10.8. The lowest BCUT2D eigenvalue weighted by Crippen LogP contribution is -2.35. The molecule has 1 N–H and O–H groups in total. The summed E-state index contributed by atoms with van der Waals surface area (Å²) in [5.41, 5.74) is 0. The summed E-state index contributed by atoms with van der Waals surface area (Å²) >= 11 is 0. The van der Waals surface area contributed by atoms with Gasteiger partial charge in [-0.1, -0.05) is 13.3 Å². The predicted molar refractivity (Wildman–Crippen MR) is 65.5 cm³/mol. The van der Waals surface area contributed by atoms with E-state index in [4.69, 9.17) is 5.11 Å². The van der Waals surface area contributed by atoms with Gasteiger partial charge in [0.25, 0.3) is 0 Å².